The van der Waals surface area contributed by atoms with Gasteiger partial charge in [-0.25, -0.2) is 21.8 Å². The van der Waals surface area contributed by atoms with E-state index in [1.807, 2.05) is 0 Å². The van der Waals surface area contributed by atoms with Crippen LogP contribution in [0.5, 0.6) is 0 Å². The summed E-state index contributed by atoms with van der Waals surface area (Å²) >= 11 is 6.92. The fourth-order valence-electron chi connectivity index (χ4n) is 2.58. The van der Waals surface area contributed by atoms with Gasteiger partial charge in [-0.3, -0.25) is 4.72 Å². The van der Waals surface area contributed by atoms with Crippen molar-refractivity contribution in [3.8, 4) is 0 Å². The zero-order valence-corrected chi connectivity index (χ0v) is 17.8. The summed E-state index contributed by atoms with van der Waals surface area (Å²) in [5.74, 6) is 0.0299. The van der Waals surface area contributed by atoms with E-state index in [4.69, 9.17) is 11.6 Å². The molecule has 10 heteroatoms. The van der Waals surface area contributed by atoms with Crippen LogP contribution < -0.4 is 4.72 Å². The van der Waals surface area contributed by atoms with E-state index >= 15 is 0 Å². The van der Waals surface area contributed by atoms with Crippen LogP contribution in [-0.2, 0) is 19.9 Å². The van der Waals surface area contributed by atoms with Crippen LogP contribution in [0.3, 0.4) is 0 Å². The number of hydrogen-bond donors (Lipinski definition) is 1. The molecule has 6 nitrogen and oxygen atoms in total. The molecule has 1 aromatic heterocycles. The fourth-order valence-corrected chi connectivity index (χ4v) is 6.80. The van der Waals surface area contributed by atoms with Gasteiger partial charge >= 0.3 is 0 Å². The van der Waals surface area contributed by atoms with Gasteiger partial charge in [-0.15, -0.1) is 11.3 Å². The van der Waals surface area contributed by atoms with Crippen LogP contribution in [0, 0.1) is 6.92 Å². The number of fused-ring (bicyclic) bond motifs is 1. The Labute approximate surface area is 167 Å². The lowest BCUT2D eigenvalue weighted by molar-refractivity contribution is 0.594. The number of sulfonamides is 1. The third-order valence-corrected chi connectivity index (χ3v) is 8.96. The number of rotatable bonds is 6. The molecule has 27 heavy (non-hydrogen) atoms. The number of aromatic nitrogens is 1. The second kappa shape index (κ2) is 7.38. The number of hydrogen-bond acceptors (Lipinski definition) is 6. The molecule has 0 spiro atoms. The smallest absolute Gasteiger partial charge is 0.262 e. The standard InChI is InChI=1S/C17H17ClN2O4S3/c1-3-8-26(21,22)17-19-14-6-5-13(10-15(14)25-17)20-27(23,24)16-7-4-12(18)9-11(16)2/h4-7,9-10,20H,3,8H2,1-2H3. The molecule has 0 fully saturated rings. The van der Waals surface area contributed by atoms with Crippen molar-refractivity contribution in [1.29, 1.82) is 0 Å². The first-order valence-corrected chi connectivity index (χ1v) is 12.4. The SMILES string of the molecule is CCCS(=O)(=O)c1nc2ccc(NS(=O)(=O)c3ccc(Cl)cc3C)cc2s1. The number of nitrogens with one attached hydrogen (secondary N) is 1. The van der Waals surface area contributed by atoms with Crippen LogP contribution in [0.25, 0.3) is 10.2 Å². The zero-order valence-electron chi connectivity index (χ0n) is 14.6. The maximum absolute atomic E-state index is 12.7. The summed E-state index contributed by atoms with van der Waals surface area (Å²) in [5.41, 5.74) is 1.38. The maximum Gasteiger partial charge on any atom is 0.262 e. The molecule has 0 unspecified atom stereocenters. The van der Waals surface area contributed by atoms with Crippen LogP contribution in [0.2, 0.25) is 5.02 Å². The largest absolute Gasteiger partial charge is 0.280 e. The maximum atomic E-state index is 12.7. The number of thiazole rings is 1. The van der Waals surface area contributed by atoms with E-state index in [-0.39, 0.29) is 15.0 Å². The molecular formula is C17H17ClN2O4S3. The van der Waals surface area contributed by atoms with Crippen LogP contribution in [-0.4, -0.2) is 27.6 Å². The van der Waals surface area contributed by atoms with Crippen molar-refractivity contribution >= 4 is 58.7 Å². The first-order chi connectivity index (χ1) is 12.6. The Balaban J connectivity index is 1.96. The van der Waals surface area contributed by atoms with E-state index in [9.17, 15) is 16.8 Å². The summed E-state index contributed by atoms with van der Waals surface area (Å²) in [4.78, 5) is 4.29. The summed E-state index contributed by atoms with van der Waals surface area (Å²) in [6.07, 6.45) is 0.504. The Morgan fingerprint density at radius 3 is 2.52 bits per heavy atom. The van der Waals surface area contributed by atoms with Crippen LogP contribution in [0.1, 0.15) is 18.9 Å². The number of nitrogens with zero attached hydrogens (tertiary/aromatic N) is 1. The minimum absolute atomic E-state index is 0.0299. The van der Waals surface area contributed by atoms with Crippen LogP contribution in [0.15, 0.2) is 45.6 Å². The lowest BCUT2D eigenvalue weighted by atomic mass is 10.2. The zero-order chi connectivity index (χ0) is 19.8. The highest BCUT2D eigenvalue weighted by molar-refractivity contribution is 7.93. The monoisotopic (exact) mass is 444 g/mol. The Morgan fingerprint density at radius 2 is 1.85 bits per heavy atom. The average Bonchev–Trinajstić information content (AvgIpc) is 2.98. The van der Waals surface area contributed by atoms with E-state index in [0.29, 0.717) is 32.9 Å². The average molecular weight is 445 g/mol. The first-order valence-electron chi connectivity index (χ1n) is 8.05. The molecule has 1 N–H and O–H groups in total. The molecule has 0 bridgehead atoms. The molecule has 0 aliphatic heterocycles. The van der Waals surface area contributed by atoms with Gasteiger partial charge in [0.1, 0.15) is 0 Å². The van der Waals surface area contributed by atoms with Crippen molar-refractivity contribution in [1.82, 2.24) is 4.98 Å². The molecule has 2 aromatic carbocycles. The number of anilines is 1. The third-order valence-electron chi connectivity index (χ3n) is 3.79. The van der Waals surface area contributed by atoms with Crippen molar-refractivity contribution in [3.63, 3.8) is 0 Å². The lowest BCUT2D eigenvalue weighted by Crippen LogP contribution is -2.14. The highest BCUT2D eigenvalue weighted by atomic mass is 35.5. The molecule has 1 heterocycles. The van der Waals surface area contributed by atoms with E-state index in [0.717, 1.165) is 11.3 Å². The van der Waals surface area contributed by atoms with Gasteiger partial charge in [0.2, 0.25) is 14.2 Å². The van der Waals surface area contributed by atoms with Gasteiger partial charge in [-0.05, 0) is 55.3 Å². The highest BCUT2D eigenvalue weighted by Gasteiger charge is 2.20. The normalized spacial score (nSPS) is 12.4. The fraction of sp³-hybridized carbons (Fsp3) is 0.235. The predicted octanol–water partition coefficient (Wildman–Crippen LogP) is 4.24. The minimum Gasteiger partial charge on any atom is -0.280 e. The Morgan fingerprint density at radius 1 is 1.11 bits per heavy atom. The molecule has 0 saturated heterocycles. The number of sulfone groups is 1. The summed E-state index contributed by atoms with van der Waals surface area (Å²) in [7, 11) is -7.22. The second-order valence-electron chi connectivity index (χ2n) is 6.00. The Kier molecular flexibility index (Phi) is 5.49. The van der Waals surface area contributed by atoms with E-state index in [1.165, 1.54) is 12.1 Å². The van der Waals surface area contributed by atoms with Crippen LogP contribution >= 0.6 is 22.9 Å². The van der Waals surface area contributed by atoms with Gasteiger partial charge in [-0.2, -0.15) is 0 Å². The molecule has 0 radical (unpaired) electrons. The molecule has 144 valence electrons. The van der Waals surface area contributed by atoms with E-state index in [1.54, 1.807) is 38.1 Å². The number of halogens is 1. The van der Waals surface area contributed by atoms with Gasteiger partial charge < -0.3 is 0 Å². The lowest BCUT2D eigenvalue weighted by Gasteiger charge is -2.10. The summed E-state index contributed by atoms with van der Waals surface area (Å²) in [5, 5.41) is 0.457. The quantitative estimate of drug-likeness (QED) is 0.613. The molecule has 0 amide bonds. The molecule has 0 saturated carbocycles. The third kappa shape index (κ3) is 4.26. The second-order valence-corrected chi connectivity index (χ2v) is 11.4. The van der Waals surface area contributed by atoms with Crippen molar-refractivity contribution in [2.24, 2.45) is 0 Å². The number of aryl methyl sites for hydroxylation is 1. The molecule has 0 aliphatic rings. The molecule has 0 atom stereocenters. The Bertz CT molecular complexity index is 1220. The van der Waals surface area contributed by atoms with Gasteiger partial charge in [-0.1, -0.05) is 18.5 Å². The molecule has 3 rings (SSSR count). The molecule has 0 aliphatic carbocycles. The van der Waals surface area contributed by atoms with Gasteiger partial charge in [0.05, 0.1) is 26.6 Å². The molecule has 3 aromatic rings. The summed E-state index contributed by atoms with van der Waals surface area (Å²) < 4.78 is 52.9. The van der Waals surface area contributed by atoms with Crippen molar-refractivity contribution in [3.05, 3.63) is 47.0 Å². The summed E-state index contributed by atoms with van der Waals surface area (Å²) in [6, 6.07) is 9.28. The van der Waals surface area contributed by atoms with Gasteiger partial charge in [0.25, 0.3) is 10.0 Å². The van der Waals surface area contributed by atoms with Crippen molar-refractivity contribution < 1.29 is 16.8 Å². The minimum atomic E-state index is -3.80. The van der Waals surface area contributed by atoms with Gasteiger partial charge in [0, 0.05) is 5.02 Å². The molecular weight excluding hydrogens is 428 g/mol. The summed E-state index contributed by atoms with van der Waals surface area (Å²) in [6.45, 7) is 3.45. The van der Waals surface area contributed by atoms with E-state index < -0.39 is 19.9 Å². The first kappa shape index (κ1) is 20.1. The van der Waals surface area contributed by atoms with Crippen molar-refractivity contribution in [2.75, 3.05) is 10.5 Å². The van der Waals surface area contributed by atoms with Gasteiger partial charge in [0.15, 0.2) is 0 Å². The predicted molar refractivity (Wildman–Crippen MR) is 109 cm³/mol. The topological polar surface area (TPSA) is 93.2 Å². The Hall–Kier alpha value is -1.68. The number of benzene rings is 2. The van der Waals surface area contributed by atoms with Crippen LogP contribution in [0.4, 0.5) is 5.69 Å². The van der Waals surface area contributed by atoms with E-state index in [2.05, 4.69) is 9.71 Å². The van der Waals surface area contributed by atoms with Crippen molar-refractivity contribution in [2.45, 2.75) is 29.5 Å². The highest BCUT2D eigenvalue weighted by Crippen LogP contribution is 2.30.